The topological polar surface area (TPSA) is 105 Å². The average Bonchev–Trinajstić information content (AvgIpc) is 3.55. The normalized spacial score (nSPS) is 16.0. The van der Waals surface area contributed by atoms with Crippen LogP contribution in [0.4, 0.5) is 5.13 Å². The van der Waals surface area contributed by atoms with E-state index in [0.29, 0.717) is 5.76 Å². The number of hydrogen-bond acceptors (Lipinski definition) is 8. The van der Waals surface area contributed by atoms with E-state index in [1.807, 2.05) is 24.3 Å². The standard InChI is InChI=1S/C22H19N5O3S/c28-19(29)8-17-2-1-7-27(17)22-26-20(21(31-22)16-9-23-12-24-10-16)15-5-3-14(4-6-15)18-11-25-13-30-18/h3-6,9-13,17H,1-2,7-8H2,(H,28,29). The van der Waals surface area contributed by atoms with E-state index in [1.165, 1.54) is 12.7 Å². The van der Waals surface area contributed by atoms with Crippen LogP contribution in [0.2, 0.25) is 0 Å². The predicted molar refractivity (Wildman–Crippen MR) is 117 cm³/mol. The molecule has 0 radical (unpaired) electrons. The Kier molecular flexibility index (Phi) is 5.17. The molecule has 9 heteroatoms. The van der Waals surface area contributed by atoms with Crippen molar-refractivity contribution < 1.29 is 14.3 Å². The van der Waals surface area contributed by atoms with Crippen LogP contribution in [0.1, 0.15) is 19.3 Å². The lowest BCUT2D eigenvalue weighted by Crippen LogP contribution is -2.31. The Balaban J connectivity index is 1.55. The Morgan fingerprint density at radius 1 is 1.10 bits per heavy atom. The van der Waals surface area contributed by atoms with Gasteiger partial charge in [0, 0.05) is 41.7 Å². The Morgan fingerprint density at radius 3 is 2.58 bits per heavy atom. The van der Waals surface area contributed by atoms with E-state index in [1.54, 1.807) is 29.9 Å². The molecule has 4 heterocycles. The van der Waals surface area contributed by atoms with Crippen LogP contribution in [0.3, 0.4) is 0 Å². The van der Waals surface area contributed by atoms with Crippen LogP contribution >= 0.6 is 11.3 Å². The summed E-state index contributed by atoms with van der Waals surface area (Å²) in [5.74, 6) is -0.0795. The fraction of sp³-hybridized carbons (Fsp3) is 0.227. The lowest BCUT2D eigenvalue weighted by Gasteiger charge is -2.22. The molecule has 0 saturated carbocycles. The van der Waals surface area contributed by atoms with E-state index in [4.69, 9.17) is 9.40 Å². The third-order valence-corrected chi connectivity index (χ3v) is 6.49. The molecule has 1 fully saturated rings. The number of nitrogens with zero attached hydrogens (tertiary/aromatic N) is 5. The summed E-state index contributed by atoms with van der Waals surface area (Å²) >= 11 is 1.55. The largest absolute Gasteiger partial charge is 0.481 e. The van der Waals surface area contributed by atoms with Crippen molar-refractivity contribution in [1.82, 2.24) is 19.9 Å². The van der Waals surface area contributed by atoms with Gasteiger partial charge in [-0.05, 0) is 12.8 Å². The molecule has 5 rings (SSSR count). The van der Waals surface area contributed by atoms with Gasteiger partial charge in [0.05, 0.1) is 23.2 Å². The highest BCUT2D eigenvalue weighted by Crippen LogP contribution is 2.42. The van der Waals surface area contributed by atoms with Crippen molar-refractivity contribution in [1.29, 1.82) is 0 Å². The van der Waals surface area contributed by atoms with Crippen molar-refractivity contribution in [2.24, 2.45) is 0 Å². The van der Waals surface area contributed by atoms with E-state index in [2.05, 4.69) is 19.9 Å². The zero-order valence-electron chi connectivity index (χ0n) is 16.5. The maximum absolute atomic E-state index is 11.3. The highest BCUT2D eigenvalue weighted by Gasteiger charge is 2.30. The number of rotatable bonds is 6. The Labute approximate surface area is 182 Å². The third-order valence-electron chi connectivity index (χ3n) is 5.35. The van der Waals surface area contributed by atoms with Crippen LogP contribution in [0.25, 0.3) is 33.0 Å². The summed E-state index contributed by atoms with van der Waals surface area (Å²) in [6.07, 6.45) is 10.1. The minimum Gasteiger partial charge on any atom is -0.481 e. The number of thiazole rings is 1. The van der Waals surface area contributed by atoms with Gasteiger partial charge in [-0.3, -0.25) is 4.79 Å². The molecule has 1 aliphatic heterocycles. The van der Waals surface area contributed by atoms with Crippen molar-refractivity contribution in [3.63, 3.8) is 0 Å². The minimum atomic E-state index is -0.784. The summed E-state index contributed by atoms with van der Waals surface area (Å²) in [6.45, 7) is 0.806. The summed E-state index contributed by atoms with van der Waals surface area (Å²) in [4.78, 5) is 31.6. The van der Waals surface area contributed by atoms with Gasteiger partial charge in [0.25, 0.3) is 0 Å². The van der Waals surface area contributed by atoms with Crippen molar-refractivity contribution >= 4 is 22.4 Å². The first-order valence-electron chi connectivity index (χ1n) is 9.93. The summed E-state index contributed by atoms with van der Waals surface area (Å²) < 4.78 is 5.38. The number of aliphatic carboxylic acids is 1. The van der Waals surface area contributed by atoms with Crippen molar-refractivity contribution in [2.75, 3.05) is 11.4 Å². The molecule has 31 heavy (non-hydrogen) atoms. The summed E-state index contributed by atoms with van der Waals surface area (Å²) in [7, 11) is 0. The molecule has 0 spiro atoms. The van der Waals surface area contributed by atoms with E-state index in [0.717, 1.165) is 51.8 Å². The first-order chi connectivity index (χ1) is 15.2. The monoisotopic (exact) mass is 433 g/mol. The molecule has 1 aromatic carbocycles. The fourth-order valence-corrected chi connectivity index (χ4v) is 5.05. The molecule has 0 amide bonds. The van der Waals surface area contributed by atoms with Gasteiger partial charge in [-0.1, -0.05) is 35.6 Å². The molecule has 1 aliphatic rings. The van der Waals surface area contributed by atoms with E-state index >= 15 is 0 Å². The summed E-state index contributed by atoms with van der Waals surface area (Å²) in [5.41, 5.74) is 3.61. The summed E-state index contributed by atoms with van der Waals surface area (Å²) in [5, 5.41) is 10.1. The number of oxazole rings is 1. The quantitative estimate of drug-likeness (QED) is 0.478. The van der Waals surface area contributed by atoms with Gasteiger partial charge in [-0.2, -0.15) is 0 Å². The lowest BCUT2D eigenvalue weighted by atomic mass is 10.1. The molecule has 0 aliphatic carbocycles. The molecular formula is C22H19N5O3S. The van der Waals surface area contributed by atoms with Gasteiger partial charge in [0.1, 0.15) is 6.33 Å². The van der Waals surface area contributed by atoms with Crippen molar-refractivity contribution in [2.45, 2.75) is 25.3 Å². The van der Waals surface area contributed by atoms with E-state index < -0.39 is 5.97 Å². The van der Waals surface area contributed by atoms with Gasteiger partial charge in [-0.25, -0.2) is 19.9 Å². The predicted octanol–water partition coefficient (Wildman–Crippen LogP) is 4.37. The van der Waals surface area contributed by atoms with Crippen LogP contribution in [0.15, 0.2) is 60.0 Å². The minimum absolute atomic E-state index is 0.0369. The highest BCUT2D eigenvalue weighted by atomic mass is 32.1. The molecule has 1 N–H and O–H groups in total. The molecule has 1 unspecified atom stereocenters. The molecule has 3 aromatic heterocycles. The lowest BCUT2D eigenvalue weighted by molar-refractivity contribution is -0.137. The first-order valence-corrected chi connectivity index (χ1v) is 10.7. The van der Waals surface area contributed by atoms with Crippen molar-refractivity contribution in [3.8, 4) is 33.0 Å². The van der Waals surface area contributed by atoms with Gasteiger partial charge >= 0.3 is 5.97 Å². The third kappa shape index (κ3) is 3.91. The van der Waals surface area contributed by atoms with Crippen LogP contribution in [0, 0.1) is 0 Å². The average molecular weight is 433 g/mol. The number of benzene rings is 1. The van der Waals surface area contributed by atoms with Crippen LogP contribution in [-0.2, 0) is 4.79 Å². The highest BCUT2D eigenvalue weighted by molar-refractivity contribution is 7.19. The molecule has 1 atom stereocenters. The molecule has 156 valence electrons. The Hall–Kier alpha value is -3.59. The van der Waals surface area contributed by atoms with E-state index in [9.17, 15) is 9.90 Å². The fourth-order valence-electron chi connectivity index (χ4n) is 3.89. The second kappa shape index (κ2) is 8.27. The second-order valence-corrected chi connectivity index (χ2v) is 8.31. The maximum atomic E-state index is 11.3. The van der Waals surface area contributed by atoms with Crippen molar-refractivity contribution in [3.05, 3.63) is 55.6 Å². The summed E-state index contributed by atoms with van der Waals surface area (Å²) in [6, 6.07) is 7.92. The molecule has 4 aromatic rings. The zero-order chi connectivity index (χ0) is 21.2. The number of carboxylic acids is 1. The van der Waals surface area contributed by atoms with Crippen LogP contribution in [-0.4, -0.2) is 43.6 Å². The molecule has 1 saturated heterocycles. The smallest absolute Gasteiger partial charge is 0.305 e. The molecule has 8 nitrogen and oxygen atoms in total. The number of anilines is 1. The Morgan fingerprint density at radius 2 is 1.87 bits per heavy atom. The van der Waals surface area contributed by atoms with Crippen LogP contribution in [0.5, 0.6) is 0 Å². The second-order valence-electron chi connectivity index (χ2n) is 7.33. The zero-order valence-corrected chi connectivity index (χ0v) is 17.3. The number of carboxylic acid groups (broad SMARTS) is 1. The Bertz CT molecular complexity index is 1180. The van der Waals surface area contributed by atoms with Gasteiger partial charge < -0.3 is 14.4 Å². The van der Waals surface area contributed by atoms with Crippen LogP contribution < -0.4 is 4.90 Å². The number of aromatic nitrogens is 4. The maximum Gasteiger partial charge on any atom is 0.305 e. The van der Waals surface area contributed by atoms with Gasteiger partial charge in [0.2, 0.25) is 0 Å². The number of hydrogen-bond donors (Lipinski definition) is 1. The first kappa shape index (κ1) is 19.4. The molecule has 0 bridgehead atoms. The van der Waals surface area contributed by atoms with E-state index in [-0.39, 0.29) is 12.5 Å². The SMILES string of the molecule is O=C(O)CC1CCCN1c1nc(-c2ccc(-c3cnco3)cc2)c(-c2cncnc2)s1. The molecular weight excluding hydrogens is 414 g/mol. The van der Waals surface area contributed by atoms with Gasteiger partial charge in [0.15, 0.2) is 17.3 Å². The van der Waals surface area contributed by atoms with Gasteiger partial charge in [-0.15, -0.1) is 0 Å². The number of carbonyl (C=O) groups is 1.